The van der Waals surface area contributed by atoms with E-state index < -0.39 is 15.4 Å². The van der Waals surface area contributed by atoms with Crippen LogP contribution < -0.4 is 5.48 Å². The molecule has 3 fully saturated rings. The average molecular weight is 604 g/mol. The van der Waals surface area contributed by atoms with Crippen LogP contribution in [-0.4, -0.2) is 69.0 Å². The standard InChI is InChI=1S/C29H41N3O5S.2C2H6/c1-5-22(2)10-11-23(3)37-25-14-18-32(19-15-25)38(34,35)27-9-7-6-8-26(27)29(28(33)30-36-4)16-20-31(21-17-29)24-12-13-24;2*1-2/h5-11,24-25H,1,12-21H2,2-4H3,(H,30,33);2*1-2H3/b22-10-,23-11+;;. The van der Waals surface area contributed by atoms with Crippen molar-refractivity contribution in [1.82, 2.24) is 14.7 Å². The SMILES string of the molecule is C=C/C(C)=C\C=C(/C)OC1CCN(S(=O)(=O)c2ccccc2C2(C(=O)NOC)CCN(C3CC3)CC2)CC1.CC.CC. The van der Waals surface area contributed by atoms with Gasteiger partial charge in [0, 0.05) is 19.1 Å². The van der Waals surface area contributed by atoms with Crippen LogP contribution in [0.1, 0.15) is 85.6 Å². The highest BCUT2D eigenvalue weighted by molar-refractivity contribution is 7.89. The van der Waals surface area contributed by atoms with Gasteiger partial charge >= 0.3 is 0 Å². The largest absolute Gasteiger partial charge is 0.495 e. The van der Waals surface area contributed by atoms with Crippen LogP contribution in [0, 0.1) is 0 Å². The zero-order valence-corrected chi connectivity index (χ0v) is 27.6. The molecule has 0 aromatic heterocycles. The number of hydroxylamine groups is 1. The van der Waals surface area contributed by atoms with E-state index in [2.05, 4.69) is 17.0 Å². The fourth-order valence-electron chi connectivity index (χ4n) is 5.56. The predicted octanol–water partition coefficient (Wildman–Crippen LogP) is 6.12. The van der Waals surface area contributed by atoms with E-state index in [1.807, 2.05) is 59.8 Å². The van der Waals surface area contributed by atoms with Gasteiger partial charge in [-0.1, -0.05) is 70.2 Å². The molecule has 0 bridgehead atoms. The first kappa shape index (κ1) is 35.7. The number of nitrogens with zero attached hydrogens (tertiary/aromatic N) is 2. The summed E-state index contributed by atoms with van der Waals surface area (Å²) in [4.78, 5) is 21.1. The maximum Gasteiger partial charge on any atom is 0.254 e. The van der Waals surface area contributed by atoms with Gasteiger partial charge in [-0.25, -0.2) is 13.9 Å². The van der Waals surface area contributed by atoms with E-state index in [1.165, 1.54) is 24.3 Å². The molecular formula is C33H53N3O5S. The minimum absolute atomic E-state index is 0.0454. The van der Waals surface area contributed by atoms with Gasteiger partial charge in [-0.05, 0) is 83.2 Å². The second-order valence-corrected chi connectivity index (χ2v) is 12.5. The van der Waals surface area contributed by atoms with Crippen LogP contribution in [0.2, 0.25) is 0 Å². The molecule has 2 aliphatic heterocycles. The number of nitrogens with one attached hydrogen (secondary N) is 1. The van der Waals surface area contributed by atoms with Crippen LogP contribution >= 0.6 is 0 Å². The molecule has 1 aromatic carbocycles. The highest BCUT2D eigenvalue weighted by Gasteiger charge is 2.48. The fraction of sp³-hybridized carbons (Fsp3) is 0.606. The van der Waals surface area contributed by atoms with Gasteiger partial charge in [-0.15, -0.1) is 0 Å². The third-order valence-electron chi connectivity index (χ3n) is 8.02. The third kappa shape index (κ3) is 8.78. The van der Waals surface area contributed by atoms with Gasteiger partial charge in [0.1, 0.15) is 6.10 Å². The molecule has 8 nitrogen and oxygen atoms in total. The first-order chi connectivity index (χ1) is 20.2. The quantitative estimate of drug-likeness (QED) is 0.197. The Kier molecular flexibility index (Phi) is 14.5. The predicted molar refractivity (Wildman–Crippen MR) is 170 cm³/mol. The van der Waals surface area contributed by atoms with Crippen molar-refractivity contribution >= 4 is 15.9 Å². The molecule has 1 N–H and O–H groups in total. The van der Waals surface area contributed by atoms with Gasteiger partial charge in [0.15, 0.2) is 0 Å². The van der Waals surface area contributed by atoms with Crippen molar-refractivity contribution in [3.63, 3.8) is 0 Å². The molecule has 2 saturated heterocycles. The minimum atomic E-state index is -3.81. The number of likely N-dealkylation sites (tertiary alicyclic amines) is 1. The zero-order chi connectivity index (χ0) is 31.3. The topological polar surface area (TPSA) is 88.2 Å². The molecule has 236 valence electrons. The highest BCUT2D eigenvalue weighted by Crippen LogP contribution is 2.42. The van der Waals surface area contributed by atoms with Gasteiger partial charge < -0.3 is 9.64 Å². The summed E-state index contributed by atoms with van der Waals surface area (Å²) in [5, 5.41) is 0. The van der Waals surface area contributed by atoms with E-state index in [9.17, 15) is 13.2 Å². The number of allylic oxidation sites excluding steroid dienone is 5. The first-order valence-corrected chi connectivity index (χ1v) is 17.0. The first-order valence-electron chi connectivity index (χ1n) is 15.5. The number of carbonyl (C=O) groups is 1. The van der Waals surface area contributed by atoms with E-state index in [1.54, 1.807) is 24.3 Å². The molecule has 9 heteroatoms. The number of benzene rings is 1. The smallest absolute Gasteiger partial charge is 0.254 e. The second kappa shape index (κ2) is 17.0. The van der Waals surface area contributed by atoms with Crippen molar-refractivity contribution in [3.05, 3.63) is 66.0 Å². The van der Waals surface area contributed by atoms with E-state index in [4.69, 9.17) is 9.57 Å². The average Bonchev–Trinajstić information content (AvgIpc) is 3.88. The molecule has 1 aromatic rings. The van der Waals surface area contributed by atoms with Gasteiger partial charge in [0.2, 0.25) is 10.0 Å². The molecule has 1 amide bonds. The Balaban J connectivity index is 0.00000148. The number of ether oxygens (including phenoxy) is 1. The van der Waals surface area contributed by atoms with Gasteiger partial charge in [0.05, 0.1) is 23.2 Å². The second-order valence-electron chi connectivity index (χ2n) is 10.6. The molecule has 0 spiro atoms. The number of hydrogen-bond acceptors (Lipinski definition) is 6. The molecule has 0 atom stereocenters. The summed E-state index contributed by atoms with van der Waals surface area (Å²) < 4.78 is 35.6. The summed E-state index contributed by atoms with van der Waals surface area (Å²) in [6.45, 7) is 17.9. The van der Waals surface area contributed by atoms with E-state index in [-0.39, 0.29) is 16.9 Å². The number of carbonyl (C=O) groups excluding carboxylic acids is 1. The van der Waals surface area contributed by atoms with Crippen molar-refractivity contribution in [2.45, 2.75) is 103 Å². The molecule has 1 aliphatic carbocycles. The van der Waals surface area contributed by atoms with Gasteiger partial charge in [-0.3, -0.25) is 9.63 Å². The number of sulfonamides is 1. The zero-order valence-electron chi connectivity index (χ0n) is 26.8. The summed E-state index contributed by atoms with van der Waals surface area (Å²) in [6.07, 6.45) is 10.3. The molecule has 0 unspecified atom stereocenters. The lowest BCUT2D eigenvalue weighted by Crippen LogP contribution is -2.52. The van der Waals surface area contributed by atoms with Crippen LogP contribution in [0.15, 0.2) is 65.3 Å². The lowest BCUT2D eigenvalue weighted by molar-refractivity contribution is -0.139. The summed E-state index contributed by atoms with van der Waals surface area (Å²) >= 11 is 0. The van der Waals surface area contributed by atoms with Crippen molar-refractivity contribution in [1.29, 1.82) is 0 Å². The molecule has 4 rings (SSSR count). The Morgan fingerprint density at radius 3 is 2.12 bits per heavy atom. The van der Waals surface area contributed by atoms with Crippen LogP contribution in [0.4, 0.5) is 0 Å². The van der Waals surface area contributed by atoms with E-state index in [0.717, 1.165) is 24.4 Å². The number of hydrogen-bond donors (Lipinski definition) is 1. The maximum atomic E-state index is 14.0. The molecule has 0 radical (unpaired) electrons. The molecule has 2 heterocycles. The van der Waals surface area contributed by atoms with Crippen molar-refractivity contribution in [3.8, 4) is 0 Å². The van der Waals surface area contributed by atoms with E-state index >= 15 is 0 Å². The number of rotatable bonds is 10. The van der Waals surface area contributed by atoms with Crippen molar-refractivity contribution in [2.24, 2.45) is 0 Å². The van der Waals surface area contributed by atoms with Gasteiger partial charge in [-0.2, -0.15) is 4.31 Å². The van der Waals surface area contributed by atoms with Crippen molar-refractivity contribution < 1.29 is 22.8 Å². The fourth-order valence-corrected chi connectivity index (χ4v) is 7.32. The lowest BCUT2D eigenvalue weighted by atomic mass is 9.72. The summed E-state index contributed by atoms with van der Waals surface area (Å²) in [5.74, 6) is 0.509. The van der Waals surface area contributed by atoms with Crippen LogP contribution in [0.3, 0.4) is 0 Å². The maximum absolute atomic E-state index is 14.0. The third-order valence-corrected chi connectivity index (χ3v) is 9.98. The Morgan fingerprint density at radius 1 is 0.976 bits per heavy atom. The van der Waals surface area contributed by atoms with Crippen molar-refractivity contribution in [2.75, 3.05) is 33.3 Å². The summed E-state index contributed by atoms with van der Waals surface area (Å²) in [7, 11) is -2.40. The number of piperidine rings is 2. The molecule has 42 heavy (non-hydrogen) atoms. The minimum Gasteiger partial charge on any atom is -0.495 e. The van der Waals surface area contributed by atoms with Crippen LogP contribution in [0.5, 0.6) is 0 Å². The van der Waals surface area contributed by atoms with Crippen LogP contribution in [-0.2, 0) is 29.8 Å². The Bertz CT molecular complexity index is 1170. The molecule has 1 saturated carbocycles. The molecular weight excluding hydrogens is 550 g/mol. The lowest BCUT2D eigenvalue weighted by Gasteiger charge is -2.42. The number of amides is 1. The highest BCUT2D eigenvalue weighted by atomic mass is 32.2. The van der Waals surface area contributed by atoms with Gasteiger partial charge in [0.25, 0.3) is 5.91 Å². The normalized spacial score (nSPS) is 20.4. The molecule has 3 aliphatic rings. The monoisotopic (exact) mass is 603 g/mol. The Hall–Kier alpha value is -2.46. The Morgan fingerprint density at radius 2 is 1.57 bits per heavy atom. The summed E-state index contributed by atoms with van der Waals surface area (Å²) in [6, 6.07) is 7.60. The van der Waals surface area contributed by atoms with Crippen LogP contribution in [0.25, 0.3) is 0 Å². The summed E-state index contributed by atoms with van der Waals surface area (Å²) in [5.41, 5.74) is 3.16. The van der Waals surface area contributed by atoms with E-state index in [0.29, 0.717) is 50.4 Å². The Labute approximate surface area is 254 Å².